The van der Waals surface area contributed by atoms with Crippen molar-refractivity contribution in [2.75, 3.05) is 5.32 Å². The van der Waals surface area contributed by atoms with E-state index in [9.17, 15) is 10.1 Å². The molecule has 0 bridgehead atoms. The molecule has 0 spiro atoms. The summed E-state index contributed by atoms with van der Waals surface area (Å²) >= 11 is 1.49. The normalized spacial score (nSPS) is 16.9. The summed E-state index contributed by atoms with van der Waals surface area (Å²) in [5.41, 5.74) is 1.63. The van der Waals surface area contributed by atoms with E-state index in [1.807, 2.05) is 13.0 Å². The maximum Gasteiger partial charge on any atom is 0.293 e. The molecule has 1 saturated carbocycles. The van der Waals surface area contributed by atoms with Crippen LogP contribution in [0, 0.1) is 17.0 Å². The van der Waals surface area contributed by atoms with E-state index >= 15 is 0 Å². The van der Waals surface area contributed by atoms with Crippen molar-refractivity contribution in [2.45, 2.75) is 45.1 Å². The summed E-state index contributed by atoms with van der Waals surface area (Å²) in [4.78, 5) is 15.4. The number of thiazole rings is 1. The van der Waals surface area contributed by atoms with Gasteiger partial charge in [-0.25, -0.2) is 4.98 Å². The predicted octanol–water partition coefficient (Wildman–Crippen LogP) is 4.26. The molecule has 0 unspecified atom stereocenters. The standard InChI is InChI=1S/C14H17N3O2S/c1-3-14(5-4-6-14)16-10-7-11-13(20-9(2)15-11)8-12(10)17(18)19/h7-8,16H,3-6H2,1-2H3. The zero-order chi connectivity index (χ0) is 14.3. The summed E-state index contributed by atoms with van der Waals surface area (Å²) in [5.74, 6) is 0. The molecule has 1 aromatic heterocycles. The summed E-state index contributed by atoms with van der Waals surface area (Å²) in [5, 5.41) is 15.6. The van der Waals surface area contributed by atoms with Crippen LogP contribution < -0.4 is 5.32 Å². The molecule has 2 aromatic rings. The molecule has 0 radical (unpaired) electrons. The molecule has 0 saturated heterocycles. The van der Waals surface area contributed by atoms with E-state index in [0.29, 0.717) is 5.69 Å². The molecule has 5 nitrogen and oxygen atoms in total. The van der Waals surface area contributed by atoms with Crippen LogP contribution in [0.15, 0.2) is 12.1 Å². The number of aryl methyl sites for hydroxylation is 1. The molecule has 1 fully saturated rings. The van der Waals surface area contributed by atoms with Crippen molar-refractivity contribution in [3.8, 4) is 0 Å². The molecule has 3 rings (SSSR count). The van der Waals surface area contributed by atoms with Gasteiger partial charge in [0.1, 0.15) is 5.69 Å². The molecular formula is C14H17N3O2S. The summed E-state index contributed by atoms with van der Waals surface area (Å²) < 4.78 is 0.874. The Hall–Kier alpha value is -1.69. The number of nitrogens with one attached hydrogen (secondary N) is 1. The number of hydrogen-bond acceptors (Lipinski definition) is 5. The molecule has 6 heteroatoms. The van der Waals surface area contributed by atoms with E-state index in [1.165, 1.54) is 17.8 Å². The van der Waals surface area contributed by atoms with Gasteiger partial charge in [0, 0.05) is 11.6 Å². The third kappa shape index (κ3) is 2.14. The second-order valence-electron chi connectivity index (χ2n) is 5.44. The van der Waals surface area contributed by atoms with Gasteiger partial charge < -0.3 is 5.32 Å². The number of nitro benzene ring substituents is 1. The molecule has 0 amide bonds. The fourth-order valence-corrected chi connectivity index (χ4v) is 3.63. The van der Waals surface area contributed by atoms with Gasteiger partial charge in [-0.2, -0.15) is 0 Å². The van der Waals surface area contributed by atoms with Crippen molar-refractivity contribution in [1.82, 2.24) is 4.98 Å². The van der Waals surface area contributed by atoms with Gasteiger partial charge in [-0.05, 0) is 38.7 Å². The highest BCUT2D eigenvalue weighted by atomic mass is 32.1. The number of nitrogens with zero attached hydrogens (tertiary/aromatic N) is 2. The second kappa shape index (κ2) is 4.70. The minimum atomic E-state index is -0.307. The molecule has 0 aliphatic heterocycles. The fraction of sp³-hybridized carbons (Fsp3) is 0.500. The van der Waals surface area contributed by atoms with Gasteiger partial charge >= 0.3 is 0 Å². The molecule has 1 aliphatic rings. The zero-order valence-corrected chi connectivity index (χ0v) is 12.4. The number of fused-ring (bicyclic) bond motifs is 1. The maximum absolute atomic E-state index is 11.3. The fourth-order valence-electron chi connectivity index (χ4n) is 2.79. The van der Waals surface area contributed by atoms with Crippen LogP contribution in [-0.2, 0) is 0 Å². The van der Waals surface area contributed by atoms with Crippen molar-refractivity contribution >= 4 is 32.9 Å². The van der Waals surface area contributed by atoms with E-state index < -0.39 is 0 Å². The number of nitro groups is 1. The largest absolute Gasteiger partial charge is 0.374 e. The Morgan fingerprint density at radius 2 is 2.25 bits per heavy atom. The quantitative estimate of drug-likeness (QED) is 0.675. The van der Waals surface area contributed by atoms with Gasteiger partial charge in [-0.1, -0.05) is 6.92 Å². The number of rotatable bonds is 4. The average Bonchev–Trinajstić information content (AvgIpc) is 2.71. The maximum atomic E-state index is 11.3. The Balaban J connectivity index is 2.07. The highest BCUT2D eigenvalue weighted by Gasteiger charge is 2.36. The Morgan fingerprint density at radius 3 is 2.80 bits per heavy atom. The minimum absolute atomic E-state index is 0.0313. The van der Waals surface area contributed by atoms with E-state index in [4.69, 9.17) is 0 Å². The Kier molecular flexibility index (Phi) is 3.12. The molecule has 1 N–H and O–H groups in total. The van der Waals surface area contributed by atoms with Crippen LogP contribution in [0.4, 0.5) is 11.4 Å². The molecular weight excluding hydrogens is 274 g/mol. The number of benzene rings is 1. The molecule has 1 heterocycles. The lowest BCUT2D eigenvalue weighted by Gasteiger charge is -2.42. The van der Waals surface area contributed by atoms with E-state index in [1.54, 1.807) is 6.07 Å². The first kappa shape index (κ1) is 13.3. The lowest BCUT2D eigenvalue weighted by Crippen LogP contribution is -2.44. The Morgan fingerprint density at radius 1 is 1.50 bits per heavy atom. The highest BCUT2D eigenvalue weighted by Crippen LogP contribution is 2.41. The van der Waals surface area contributed by atoms with Crippen molar-refractivity contribution in [3.05, 3.63) is 27.3 Å². The first-order chi connectivity index (χ1) is 9.53. The topological polar surface area (TPSA) is 68.1 Å². The van der Waals surface area contributed by atoms with Crippen molar-refractivity contribution in [3.63, 3.8) is 0 Å². The van der Waals surface area contributed by atoms with Crippen LogP contribution in [0.3, 0.4) is 0 Å². The van der Waals surface area contributed by atoms with Gasteiger partial charge in [0.05, 0.1) is 20.1 Å². The molecule has 20 heavy (non-hydrogen) atoms. The van der Waals surface area contributed by atoms with Crippen LogP contribution >= 0.6 is 11.3 Å². The molecule has 0 atom stereocenters. The van der Waals surface area contributed by atoms with Crippen molar-refractivity contribution in [1.29, 1.82) is 0 Å². The zero-order valence-electron chi connectivity index (χ0n) is 11.6. The lowest BCUT2D eigenvalue weighted by atomic mass is 9.74. The smallest absolute Gasteiger partial charge is 0.293 e. The summed E-state index contributed by atoms with van der Waals surface area (Å²) in [6.07, 6.45) is 4.33. The molecule has 106 valence electrons. The van der Waals surface area contributed by atoms with Crippen molar-refractivity contribution in [2.24, 2.45) is 0 Å². The van der Waals surface area contributed by atoms with Crippen LogP contribution in [0.5, 0.6) is 0 Å². The first-order valence-electron chi connectivity index (χ1n) is 6.87. The summed E-state index contributed by atoms with van der Waals surface area (Å²) in [7, 11) is 0. The van der Waals surface area contributed by atoms with Gasteiger partial charge in [0.15, 0.2) is 0 Å². The molecule has 1 aromatic carbocycles. The third-order valence-electron chi connectivity index (χ3n) is 4.20. The number of anilines is 1. The SMILES string of the molecule is CCC1(Nc2cc3nc(C)sc3cc2[N+](=O)[O-])CCC1. The van der Waals surface area contributed by atoms with Crippen LogP contribution in [-0.4, -0.2) is 15.4 Å². The van der Waals surface area contributed by atoms with Gasteiger partial charge in [-0.3, -0.25) is 10.1 Å². The van der Waals surface area contributed by atoms with Crippen molar-refractivity contribution < 1.29 is 4.92 Å². The Labute approximate surface area is 121 Å². The lowest BCUT2D eigenvalue weighted by molar-refractivity contribution is -0.383. The average molecular weight is 291 g/mol. The summed E-state index contributed by atoms with van der Waals surface area (Å²) in [6, 6.07) is 3.47. The van der Waals surface area contributed by atoms with Crippen LogP contribution in [0.25, 0.3) is 10.2 Å². The Bertz CT molecular complexity index is 671. The van der Waals surface area contributed by atoms with E-state index in [0.717, 1.165) is 34.5 Å². The van der Waals surface area contributed by atoms with E-state index in [2.05, 4.69) is 17.2 Å². The van der Waals surface area contributed by atoms with Gasteiger partial charge in [0.2, 0.25) is 0 Å². The molecule has 1 aliphatic carbocycles. The van der Waals surface area contributed by atoms with Gasteiger partial charge in [-0.15, -0.1) is 11.3 Å². The summed E-state index contributed by atoms with van der Waals surface area (Å²) in [6.45, 7) is 4.05. The minimum Gasteiger partial charge on any atom is -0.374 e. The van der Waals surface area contributed by atoms with Gasteiger partial charge in [0.25, 0.3) is 5.69 Å². The monoisotopic (exact) mass is 291 g/mol. The first-order valence-corrected chi connectivity index (χ1v) is 7.68. The number of aromatic nitrogens is 1. The second-order valence-corrected chi connectivity index (χ2v) is 6.67. The van der Waals surface area contributed by atoms with Crippen LogP contribution in [0.2, 0.25) is 0 Å². The van der Waals surface area contributed by atoms with E-state index in [-0.39, 0.29) is 16.1 Å². The highest BCUT2D eigenvalue weighted by molar-refractivity contribution is 7.18. The number of hydrogen-bond donors (Lipinski definition) is 1. The predicted molar refractivity (Wildman–Crippen MR) is 81.5 cm³/mol. The third-order valence-corrected chi connectivity index (χ3v) is 5.13. The van der Waals surface area contributed by atoms with Crippen LogP contribution in [0.1, 0.15) is 37.6 Å².